The van der Waals surface area contributed by atoms with E-state index in [-0.39, 0.29) is 18.5 Å². The minimum absolute atomic E-state index is 0.0553. The first kappa shape index (κ1) is 12.5. The van der Waals surface area contributed by atoms with Gasteiger partial charge in [-0.25, -0.2) is 8.78 Å². The fourth-order valence-corrected chi connectivity index (χ4v) is 2.28. The lowest BCUT2D eigenvalue weighted by Crippen LogP contribution is -2.36. The molecule has 1 heterocycles. The Morgan fingerprint density at radius 1 is 1.29 bits per heavy atom. The molecule has 1 fully saturated rings. The highest BCUT2D eigenvalue weighted by molar-refractivity contribution is 5.20. The van der Waals surface area contributed by atoms with Gasteiger partial charge in [0.05, 0.1) is 6.61 Å². The predicted octanol–water partition coefficient (Wildman–Crippen LogP) is 2.53. The van der Waals surface area contributed by atoms with Gasteiger partial charge in [-0.1, -0.05) is 30.3 Å². The molecule has 2 rings (SSSR count). The molecule has 1 aromatic rings. The predicted molar refractivity (Wildman–Crippen MR) is 61.9 cm³/mol. The molecule has 0 radical (unpaired) electrons. The SMILES string of the molecule is NCC1(CC(F)(F)c2ccccc2)CCOC1. The summed E-state index contributed by atoms with van der Waals surface area (Å²) < 4.78 is 33.5. The number of halogens is 2. The number of benzene rings is 1. The van der Waals surface area contributed by atoms with Crippen molar-refractivity contribution < 1.29 is 13.5 Å². The van der Waals surface area contributed by atoms with Crippen LogP contribution < -0.4 is 5.73 Å². The van der Waals surface area contributed by atoms with Gasteiger partial charge in [0.25, 0.3) is 5.92 Å². The molecule has 4 heteroatoms. The van der Waals surface area contributed by atoms with Crippen LogP contribution in [0.15, 0.2) is 30.3 Å². The highest BCUT2D eigenvalue weighted by Gasteiger charge is 2.44. The van der Waals surface area contributed by atoms with E-state index >= 15 is 0 Å². The summed E-state index contributed by atoms with van der Waals surface area (Å²) in [4.78, 5) is 0. The molecule has 0 aromatic heterocycles. The Balaban J connectivity index is 2.16. The third-order valence-corrected chi connectivity index (χ3v) is 3.41. The van der Waals surface area contributed by atoms with Gasteiger partial charge < -0.3 is 10.5 Å². The van der Waals surface area contributed by atoms with Crippen molar-refractivity contribution in [2.24, 2.45) is 11.1 Å². The summed E-state index contributed by atoms with van der Waals surface area (Å²) >= 11 is 0. The summed E-state index contributed by atoms with van der Waals surface area (Å²) in [6, 6.07) is 7.91. The molecule has 1 aromatic carbocycles. The van der Waals surface area contributed by atoms with E-state index < -0.39 is 11.3 Å². The Bertz CT molecular complexity index is 361. The molecule has 1 atom stereocenters. The number of rotatable bonds is 4. The van der Waals surface area contributed by atoms with E-state index in [1.807, 2.05) is 0 Å². The molecule has 94 valence electrons. The third-order valence-electron chi connectivity index (χ3n) is 3.41. The number of hydrogen-bond acceptors (Lipinski definition) is 2. The first-order chi connectivity index (χ1) is 8.08. The van der Waals surface area contributed by atoms with Crippen LogP contribution in [0.25, 0.3) is 0 Å². The minimum Gasteiger partial charge on any atom is -0.381 e. The van der Waals surface area contributed by atoms with Crippen LogP contribution in [-0.2, 0) is 10.7 Å². The monoisotopic (exact) mass is 241 g/mol. The summed E-state index contributed by atoms with van der Waals surface area (Å²) in [5.41, 5.74) is 5.13. The van der Waals surface area contributed by atoms with Crippen LogP contribution in [0, 0.1) is 5.41 Å². The van der Waals surface area contributed by atoms with Crippen LogP contribution in [0.2, 0.25) is 0 Å². The van der Waals surface area contributed by atoms with Crippen LogP contribution in [0.3, 0.4) is 0 Å². The molecule has 1 saturated heterocycles. The second-order valence-corrected chi connectivity index (χ2v) is 4.75. The zero-order chi connectivity index (χ0) is 12.4. The normalized spacial score (nSPS) is 25.1. The fourth-order valence-electron chi connectivity index (χ4n) is 2.28. The van der Waals surface area contributed by atoms with Gasteiger partial charge in [-0.2, -0.15) is 0 Å². The molecule has 0 aliphatic carbocycles. The molecule has 0 spiro atoms. The van der Waals surface area contributed by atoms with Gasteiger partial charge in [-0.05, 0) is 6.42 Å². The summed E-state index contributed by atoms with van der Waals surface area (Å²) in [6.07, 6.45) is 0.381. The van der Waals surface area contributed by atoms with Crippen LogP contribution in [-0.4, -0.2) is 19.8 Å². The minimum atomic E-state index is -2.84. The standard InChI is InChI=1S/C13H17F2NO/c14-13(15,11-4-2-1-3-5-11)8-12(9-16)6-7-17-10-12/h1-5H,6-10,16H2. The Labute approximate surface area is 99.8 Å². The Morgan fingerprint density at radius 2 is 2.00 bits per heavy atom. The molecular formula is C13H17F2NO. The van der Waals surface area contributed by atoms with Crippen molar-refractivity contribution in [2.75, 3.05) is 19.8 Å². The molecule has 1 aliphatic heterocycles. The van der Waals surface area contributed by atoms with Crippen molar-refractivity contribution in [3.05, 3.63) is 35.9 Å². The maximum atomic E-state index is 14.1. The zero-order valence-corrected chi connectivity index (χ0v) is 9.66. The Kier molecular flexibility index (Phi) is 3.45. The van der Waals surface area contributed by atoms with E-state index in [9.17, 15) is 8.78 Å². The number of alkyl halides is 2. The molecule has 0 bridgehead atoms. The smallest absolute Gasteiger partial charge is 0.273 e. The van der Waals surface area contributed by atoms with E-state index in [2.05, 4.69) is 0 Å². The second-order valence-electron chi connectivity index (χ2n) is 4.75. The first-order valence-corrected chi connectivity index (χ1v) is 5.79. The lowest BCUT2D eigenvalue weighted by molar-refractivity contribution is -0.0528. The largest absolute Gasteiger partial charge is 0.381 e. The lowest BCUT2D eigenvalue weighted by atomic mass is 9.80. The molecular weight excluding hydrogens is 224 g/mol. The van der Waals surface area contributed by atoms with Gasteiger partial charge in [-0.3, -0.25) is 0 Å². The second kappa shape index (κ2) is 4.70. The highest BCUT2D eigenvalue weighted by Crippen LogP contribution is 2.43. The van der Waals surface area contributed by atoms with Gasteiger partial charge in [0.1, 0.15) is 0 Å². The number of ether oxygens (including phenoxy) is 1. The summed E-state index contributed by atoms with van der Waals surface area (Å²) in [6.45, 7) is 1.11. The molecule has 1 aliphatic rings. The average Bonchev–Trinajstić information content (AvgIpc) is 2.79. The summed E-state index contributed by atoms with van der Waals surface area (Å²) in [5.74, 6) is -2.84. The third kappa shape index (κ3) is 2.64. The summed E-state index contributed by atoms with van der Waals surface area (Å²) in [5, 5.41) is 0. The van der Waals surface area contributed by atoms with Gasteiger partial charge in [0.15, 0.2) is 0 Å². The van der Waals surface area contributed by atoms with E-state index in [4.69, 9.17) is 10.5 Å². The Hall–Kier alpha value is -1.00. The van der Waals surface area contributed by atoms with Crippen molar-refractivity contribution in [2.45, 2.75) is 18.8 Å². The van der Waals surface area contributed by atoms with Gasteiger partial charge in [-0.15, -0.1) is 0 Å². The van der Waals surface area contributed by atoms with Crippen LogP contribution >= 0.6 is 0 Å². The van der Waals surface area contributed by atoms with Crippen molar-refractivity contribution in [3.8, 4) is 0 Å². The zero-order valence-electron chi connectivity index (χ0n) is 9.66. The highest BCUT2D eigenvalue weighted by atomic mass is 19.3. The number of nitrogens with two attached hydrogens (primary N) is 1. The molecule has 0 saturated carbocycles. The Morgan fingerprint density at radius 3 is 2.53 bits per heavy atom. The van der Waals surface area contributed by atoms with Gasteiger partial charge >= 0.3 is 0 Å². The molecule has 2 N–H and O–H groups in total. The first-order valence-electron chi connectivity index (χ1n) is 5.79. The van der Waals surface area contributed by atoms with Crippen LogP contribution in [0.1, 0.15) is 18.4 Å². The average molecular weight is 241 g/mol. The van der Waals surface area contributed by atoms with Crippen molar-refractivity contribution >= 4 is 0 Å². The van der Waals surface area contributed by atoms with Crippen LogP contribution in [0.4, 0.5) is 8.78 Å². The van der Waals surface area contributed by atoms with Crippen molar-refractivity contribution in [3.63, 3.8) is 0 Å². The lowest BCUT2D eigenvalue weighted by Gasteiger charge is -2.30. The van der Waals surface area contributed by atoms with E-state index in [1.54, 1.807) is 18.2 Å². The van der Waals surface area contributed by atoms with Gasteiger partial charge in [0.2, 0.25) is 0 Å². The number of hydrogen-bond donors (Lipinski definition) is 1. The van der Waals surface area contributed by atoms with Crippen molar-refractivity contribution in [1.29, 1.82) is 0 Å². The molecule has 2 nitrogen and oxygen atoms in total. The van der Waals surface area contributed by atoms with Gasteiger partial charge in [0, 0.05) is 30.6 Å². The van der Waals surface area contributed by atoms with E-state index in [0.717, 1.165) is 0 Å². The summed E-state index contributed by atoms with van der Waals surface area (Å²) in [7, 11) is 0. The maximum absolute atomic E-state index is 14.1. The molecule has 0 amide bonds. The molecule has 17 heavy (non-hydrogen) atoms. The topological polar surface area (TPSA) is 35.2 Å². The maximum Gasteiger partial charge on any atom is 0.273 e. The van der Waals surface area contributed by atoms with Crippen LogP contribution in [0.5, 0.6) is 0 Å². The molecule has 1 unspecified atom stereocenters. The van der Waals surface area contributed by atoms with E-state index in [0.29, 0.717) is 19.6 Å². The fraction of sp³-hybridized carbons (Fsp3) is 0.538. The van der Waals surface area contributed by atoms with E-state index in [1.165, 1.54) is 12.1 Å². The quantitative estimate of drug-likeness (QED) is 0.879. The van der Waals surface area contributed by atoms with Crippen molar-refractivity contribution in [1.82, 2.24) is 0 Å².